The summed E-state index contributed by atoms with van der Waals surface area (Å²) in [5.41, 5.74) is 2.82. The molecule has 0 aliphatic rings. The summed E-state index contributed by atoms with van der Waals surface area (Å²) in [5, 5.41) is 0. The molecule has 0 bridgehead atoms. The van der Waals surface area contributed by atoms with Crippen LogP contribution in [-0.2, 0) is 15.7 Å². The van der Waals surface area contributed by atoms with E-state index in [1.165, 1.54) is 6.92 Å². The van der Waals surface area contributed by atoms with Crippen molar-refractivity contribution >= 4 is 18.4 Å². The second kappa shape index (κ2) is 7.19. The minimum absolute atomic E-state index is 0. The van der Waals surface area contributed by atoms with Crippen LogP contribution in [0, 0.1) is 5.82 Å². The number of rotatable bonds is 4. The van der Waals surface area contributed by atoms with Crippen LogP contribution >= 0.6 is 12.4 Å². The molecule has 126 valence electrons. The van der Waals surface area contributed by atoms with Crippen molar-refractivity contribution in [2.75, 3.05) is 6.61 Å². The second-order valence-corrected chi connectivity index (χ2v) is 4.06. The molecule has 3 nitrogen and oxygen atoms in total. The lowest BCUT2D eigenvalue weighted by Crippen LogP contribution is -2.42. The summed E-state index contributed by atoms with van der Waals surface area (Å²) < 4.78 is 81.9. The Morgan fingerprint density at radius 1 is 1.27 bits per heavy atom. The van der Waals surface area contributed by atoms with Gasteiger partial charge in [-0.15, -0.1) is 12.4 Å². The van der Waals surface area contributed by atoms with Gasteiger partial charge in [0, 0.05) is 5.56 Å². The molecule has 0 radical (unpaired) electrons. The van der Waals surface area contributed by atoms with Crippen LogP contribution in [0.25, 0.3) is 0 Å². The highest BCUT2D eigenvalue weighted by Crippen LogP contribution is 2.35. The zero-order valence-corrected chi connectivity index (χ0v) is 11.9. The number of esters is 1. The summed E-state index contributed by atoms with van der Waals surface area (Å²) in [6.07, 6.45) is -4.83. The molecule has 2 N–H and O–H groups in total. The van der Waals surface area contributed by atoms with Crippen LogP contribution in [-0.4, -0.2) is 18.5 Å². The molecule has 0 unspecified atom stereocenters. The third-order valence-corrected chi connectivity index (χ3v) is 2.60. The number of nitrogens with two attached hydrogens (primary N) is 1. The monoisotopic (exact) mass is 351 g/mol. The van der Waals surface area contributed by atoms with E-state index in [9.17, 15) is 31.1 Å². The van der Waals surface area contributed by atoms with Crippen LogP contribution in [0.3, 0.4) is 0 Å². The maximum atomic E-state index is 13.6. The summed E-state index contributed by atoms with van der Waals surface area (Å²) in [4.78, 5) is 11.1. The second-order valence-electron chi connectivity index (χ2n) is 4.06. The zero-order chi connectivity index (χ0) is 16.4. The van der Waals surface area contributed by atoms with Gasteiger partial charge in [-0.25, -0.2) is 9.18 Å². The molecule has 0 spiro atoms. The van der Waals surface area contributed by atoms with E-state index in [0.717, 1.165) is 0 Å². The first-order valence-electron chi connectivity index (χ1n) is 5.69. The molecule has 1 atom stereocenters. The molecular formula is C12H12ClF6NO2. The van der Waals surface area contributed by atoms with Gasteiger partial charge in [0.25, 0.3) is 0 Å². The van der Waals surface area contributed by atoms with Gasteiger partial charge in [0.2, 0.25) is 0 Å². The first kappa shape index (κ1) is 20.5. The molecule has 10 heteroatoms. The van der Waals surface area contributed by atoms with Crippen molar-refractivity contribution in [2.45, 2.75) is 25.1 Å². The zero-order valence-electron chi connectivity index (χ0n) is 11.1. The molecule has 22 heavy (non-hydrogen) atoms. The number of carbonyl (C=O) groups is 1. The van der Waals surface area contributed by atoms with Crippen molar-refractivity contribution in [1.82, 2.24) is 0 Å². The molecule has 0 heterocycles. The Balaban J connectivity index is 0.00000441. The summed E-state index contributed by atoms with van der Waals surface area (Å²) in [7, 11) is 0. The molecule has 0 aliphatic heterocycles. The minimum Gasteiger partial charge on any atom is -0.462 e. The Kier molecular flexibility index (Phi) is 6.70. The van der Waals surface area contributed by atoms with Gasteiger partial charge in [0.15, 0.2) is 0 Å². The van der Waals surface area contributed by atoms with Crippen molar-refractivity contribution in [1.29, 1.82) is 0 Å². The van der Waals surface area contributed by atoms with Crippen LogP contribution in [0.1, 0.15) is 24.1 Å². The van der Waals surface area contributed by atoms with Crippen molar-refractivity contribution < 1.29 is 35.9 Å². The Morgan fingerprint density at radius 2 is 1.82 bits per heavy atom. The van der Waals surface area contributed by atoms with E-state index < -0.39 is 41.1 Å². The van der Waals surface area contributed by atoms with Gasteiger partial charge in [0.1, 0.15) is 11.9 Å². The van der Waals surface area contributed by atoms with Crippen LogP contribution in [0.15, 0.2) is 18.2 Å². The smallest absolute Gasteiger partial charge is 0.416 e. The quantitative estimate of drug-likeness (QED) is 0.667. The number of hydrogen-bond donors (Lipinski definition) is 1. The number of benzene rings is 1. The Hall–Kier alpha value is -1.48. The average molecular weight is 352 g/mol. The Morgan fingerprint density at radius 3 is 2.23 bits per heavy atom. The van der Waals surface area contributed by atoms with Gasteiger partial charge in [-0.1, -0.05) is 6.07 Å². The predicted molar refractivity (Wildman–Crippen MR) is 67.2 cm³/mol. The van der Waals surface area contributed by atoms with E-state index in [-0.39, 0.29) is 25.1 Å². The molecule has 0 amide bonds. The van der Waals surface area contributed by atoms with Crippen molar-refractivity contribution in [3.63, 3.8) is 0 Å². The highest BCUT2D eigenvalue weighted by molar-refractivity contribution is 5.85. The van der Waals surface area contributed by atoms with E-state index in [1.54, 1.807) is 0 Å². The number of alkyl halides is 5. The summed E-state index contributed by atoms with van der Waals surface area (Å²) in [6, 6.07) is -1.55. The van der Waals surface area contributed by atoms with Gasteiger partial charge in [0.05, 0.1) is 12.2 Å². The number of ether oxygens (including phenoxy) is 1. The molecule has 1 rings (SSSR count). The van der Waals surface area contributed by atoms with Gasteiger partial charge >= 0.3 is 18.1 Å². The fourth-order valence-corrected chi connectivity index (χ4v) is 1.51. The fourth-order valence-electron chi connectivity index (χ4n) is 1.51. The van der Waals surface area contributed by atoms with Gasteiger partial charge in [-0.05, 0) is 19.1 Å². The highest BCUT2D eigenvalue weighted by atomic mass is 35.5. The highest BCUT2D eigenvalue weighted by Gasteiger charge is 2.48. The minimum atomic E-state index is -4.83. The van der Waals surface area contributed by atoms with Crippen LogP contribution < -0.4 is 5.73 Å². The lowest BCUT2D eigenvalue weighted by atomic mass is 9.99. The van der Waals surface area contributed by atoms with E-state index >= 15 is 0 Å². The lowest BCUT2D eigenvalue weighted by molar-refractivity contribution is -0.175. The normalized spacial score (nSPS) is 13.3. The molecule has 0 aliphatic carbocycles. The summed E-state index contributed by atoms with van der Waals surface area (Å²) in [5.74, 6) is -7.82. The largest absolute Gasteiger partial charge is 0.462 e. The number of carbonyl (C=O) groups excluding carboxylic acids is 1. The number of halogens is 7. The van der Waals surface area contributed by atoms with Crippen molar-refractivity contribution in [3.05, 3.63) is 35.1 Å². The lowest BCUT2D eigenvalue weighted by Gasteiger charge is -2.22. The Labute approximate surface area is 127 Å². The molecule has 0 saturated heterocycles. The SMILES string of the molecule is CCOC(=O)C(F)(F)[C@@H](N)c1ccc(C(F)(F)F)cc1F.Cl. The molecule has 0 aromatic heterocycles. The third kappa shape index (κ3) is 4.26. The van der Waals surface area contributed by atoms with E-state index in [1.807, 2.05) is 0 Å². The Bertz CT molecular complexity index is 535. The van der Waals surface area contributed by atoms with Gasteiger partial charge in [-0.2, -0.15) is 22.0 Å². The van der Waals surface area contributed by atoms with E-state index in [0.29, 0.717) is 12.1 Å². The predicted octanol–water partition coefficient (Wildman–Crippen LogP) is 3.46. The maximum Gasteiger partial charge on any atom is 0.416 e. The first-order chi connectivity index (χ1) is 9.51. The van der Waals surface area contributed by atoms with E-state index in [4.69, 9.17) is 5.73 Å². The number of hydrogen-bond acceptors (Lipinski definition) is 3. The standard InChI is InChI=1S/C12H11F6NO2.ClH/c1-2-21-10(20)11(14,15)9(19)7-4-3-6(5-8(7)13)12(16,17)18;/h3-5,9H,2,19H2,1H3;1H/t9-;/m0./s1. The maximum absolute atomic E-state index is 13.6. The molecular weight excluding hydrogens is 340 g/mol. The molecule has 1 aromatic carbocycles. The van der Waals surface area contributed by atoms with Crippen LogP contribution in [0.5, 0.6) is 0 Å². The van der Waals surface area contributed by atoms with Crippen LogP contribution in [0.2, 0.25) is 0 Å². The average Bonchev–Trinajstić information content (AvgIpc) is 2.37. The fraction of sp³-hybridized carbons (Fsp3) is 0.417. The molecule has 0 saturated carbocycles. The van der Waals surface area contributed by atoms with Gasteiger partial charge in [-0.3, -0.25) is 0 Å². The summed E-state index contributed by atoms with van der Waals surface area (Å²) >= 11 is 0. The third-order valence-electron chi connectivity index (χ3n) is 2.60. The molecule has 1 aromatic rings. The van der Waals surface area contributed by atoms with E-state index in [2.05, 4.69) is 4.74 Å². The van der Waals surface area contributed by atoms with Crippen molar-refractivity contribution in [2.24, 2.45) is 5.73 Å². The molecule has 0 fully saturated rings. The van der Waals surface area contributed by atoms with Gasteiger partial charge < -0.3 is 10.5 Å². The topological polar surface area (TPSA) is 52.3 Å². The summed E-state index contributed by atoms with van der Waals surface area (Å²) in [6.45, 7) is 0.925. The first-order valence-corrected chi connectivity index (χ1v) is 5.69. The van der Waals surface area contributed by atoms with Crippen LogP contribution in [0.4, 0.5) is 26.3 Å². The van der Waals surface area contributed by atoms with Crippen molar-refractivity contribution in [3.8, 4) is 0 Å².